The number of ketones is 1. The molecule has 0 saturated carbocycles. The van der Waals surface area contributed by atoms with Gasteiger partial charge in [0.1, 0.15) is 0 Å². The molecule has 9 heterocycles. The van der Waals surface area contributed by atoms with Crippen LogP contribution in [0.1, 0.15) is 230 Å². The summed E-state index contributed by atoms with van der Waals surface area (Å²) in [5, 5.41) is 8.98. The van der Waals surface area contributed by atoms with Gasteiger partial charge in [-0.05, 0) is 182 Å². The van der Waals surface area contributed by atoms with Crippen molar-refractivity contribution in [1.82, 2.24) is 39.9 Å². The van der Waals surface area contributed by atoms with Gasteiger partial charge in [0.2, 0.25) is 0 Å². The molecule has 0 fully saturated rings. The number of aliphatic hydroxyl groups excluding tert-OH is 1. The zero-order valence-electron chi connectivity index (χ0n) is 89.1. The van der Waals surface area contributed by atoms with Crippen molar-refractivity contribution in [3.05, 3.63) is 505 Å². The van der Waals surface area contributed by atoms with E-state index in [2.05, 4.69) is 359 Å². The molecule has 3 atom stereocenters. The molecule has 9 aromatic heterocycles. The first kappa shape index (κ1) is 122. The van der Waals surface area contributed by atoms with Crippen molar-refractivity contribution in [2.75, 3.05) is 0 Å². The quantitative estimate of drug-likeness (QED) is 0.0420. The molecule has 0 bridgehead atoms. The number of carbonyl (C=O) groups excluding carboxylic acids is 1. The smallest absolute Gasteiger partial charge is 0.512 e. The summed E-state index contributed by atoms with van der Waals surface area (Å²) < 4.78 is 0. The zero-order chi connectivity index (χ0) is 104. The Bertz CT molecular complexity index is 6160. The van der Waals surface area contributed by atoms with Crippen LogP contribution >= 0.6 is 11.3 Å². The number of pyridine rings is 8. The molecular weight excluding hydrogens is 2360 g/mol. The van der Waals surface area contributed by atoms with Gasteiger partial charge in [-0.2, -0.15) is 12.1 Å². The van der Waals surface area contributed by atoms with E-state index >= 15 is 0 Å². The Morgan fingerprint density at radius 1 is 0.297 bits per heavy atom. The van der Waals surface area contributed by atoms with Crippen LogP contribution in [-0.4, -0.2) is 50.8 Å². The Morgan fingerprint density at radius 2 is 0.554 bits per heavy atom. The monoisotopic (exact) mass is 2500 g/mol. The Kier molecular flexibility index (Phi) is 52.5. The van der Waals surface area contributed by atoms with Crippen LogP contribution in [0.4, 0.5) is 0 Å². The molecule has 148 heavy (non-hydrogen) atoms. The summed E-state index contributed by atoms with van der Waals surface area (Å²) in [5.41, 5.74) is 27.8. The number of nitrogens with zero attached hydrogens (tertiary/aromatic N) is 8. The number of hydrogen-bond acceptors (Lipinski definition) is 11. The van der Waals surface area contributed by atoms with E-state index in [0.717, 1.165) is 121 Å². The molecule has 9 aromatic carbocycles. The second-order valence-corrected chi connectivity index (χ2v) is 40.8. The first-order valence-electron chi connectivity index (χ1n) is 50.3. The molecule has 14 heteroatoms. The van der Waals surface area contributed by atoms with E-state index in [0.29, 0.717) is 24.2 Å². The molecular formula is C134H140Ir3N8O2S-2. The third-order valence-corrected chi connectivity index (χ3v) is 25.4. The molecule has 0 spiro atoms. The number of aryl methyl sites for hydroxylation is 3. The van der Waals surface area contributed by atoms with Gasteiger partial charge in [0.15, 0.2) is 5.78 Å². The maximum atomic E-state index is 11.4. The number of aliphatic hydroxyl groups is 1. The second-order valence-electron chi connectivity index (χ2n) is 39.6. The fraction of sp³-hybridized carbons (Fsp3) is 0.246. The maximum absolute atomic E-state index is 11.4. The predicted octanol–water partition coefficient (Wildman–Crippen LogP) is 34.6. The Morgan fingerprint density at radius 3 is 0.791 bits per heavy atom. The summed E-state index contributed by atoms with van der Waals surface area (Å²) in [6, 6.07) is 140. The van der Waals surface area contributed by atoms with Crippen LogP contribution in [0.2, 0.25) is 0 Å². The van der Waals surface area contributed by atoms with Crippen molar-refractivity contribution < 1.29 is 70.2 Å². The molecule has 1 N–H and O–H groups in total. The van der Waals surface area contributed by atoms with Gasteiger partial charge < -0.3 is 45.0 Å². The van der Waals surface area contributed by atoms with Gasteiger partial charge in [0.25, 0.3) is 0 Å². The van der Waals surface area contributed by atoms with Gasteiger partial charge in [-0.1, -0.05) is 299 Å². The number of rotatable bonds is 21. The van der Waals surface area contributed by atoms with E-state index in [1.807, 2.05) is 207 Å². The summed E-state index contributed by atoms with van der Waals surface area (Å²) in [4.78, 5) is 48.3. The van der Waals surface area contributed by atoms with Crippen molar-refractivity contribution in [1.29, 1.82) is 0 Å². The van der Waals surface area contributed by atoms with Crippen LogP contribution in [0.25, 0.3) is 89.4 Å². The Balaban J connectivity index is 0.000000226. The van der Waals surface area contributed by atoms with Crippen LogP contribution in [0.3, 0.4) is 0 Å². The van der Waals surface area contributed by atoms with Crippen molar-refractivity contribution in [3.8, 4) is 89.4 Å². The fourth-order valence-corrected chi connectivity index (χ4v) is 15.4. The SMILES string of the molecule is CC(C)(C)c1c[c-]c(-c2ccccn2)cc1.CC(C)(C)c1c[c-]c(-c2ccccn2)cc1.CC(C)(C)c1c[c-]c(-c2ccccn2)cc1.CC(C)(C)c1c[c-]c(-c2ccccn2)cc1.CCC(C)c1c[c-]c(-c2ccccn2)cc1.CCC(C)c1ccc(CCC(=O)C=C(C)O)cc1.CCC(C)c1ccc(CCc2c[c-]c(-c3ccccn3)s2)cc1.[Ir+3].[Ir+3].[Ir].[c-]1ccccc1-c1ccccn1.[c-]1ccccc1-c1ccccn1. The molecule has 3 unspecified atom stereocenters. The van der Waals surface area contributed by atoms with E-state index in [1.54, 1.807) is 48.5 Å². The fourth-order valence-electron chi connectivity index (χ4n) is 14.5. The number of hydrogen-bond donors (Lipinski definition) is 1. The molecule has 0 aliphatic heterocycles. The summed E-state index contributed by atoms with van der Waals surface area (Å²) in [6.07, 6.45) is 22.5. The Labute approximate surface area is 929 Å². The molecule has 18 rings (SSSR count). The number of thiophene rings is 1. The maximum Gasteiger partial charge on any atom is 3.00 e. The van der Waals surface area contributed by atoms with E-state index in [-0.39, 0.29) is 93.5 Å². The van der Waals surface area contributed by atoms with Crippen molar-refractivity contribution in [2.45, 2.75) is 216 Å². The number of aromatic nitrogens is 8. The first-order valence-corrected chi connectivity index (χ1v) is 51.1. The van der Waals surface area contributed by atoms with Crippen molar-refractivity contribution in [2.24, 2.45) is 0 Å². The molecule has 10 nitrogen and oxygen atoms in total. The number of allylic oxidation sites excluding steroid dienone is 2. The van der Waals surface area contributed by atoms with Crippen molar-refractivity contribution in [3.63, 3.8) is 0 Å². The predicted molar refractivity (Wildman–Crippen MR) is 607 cm³/mol. The molecule has 0 aliphatic carbocycles. The molecule has 0 amide bonds. The molecule has 0 aliphatic rings. The molecule has 18 aromatic rings. The minimum absolute atomic E-state index is 0. The second kappa shape index (κ2) is 63.7. The molecule has 0 saturated heterocycles. The van der Waals surface area contributed by atoms with Crippen LogP contribution in [0.5, 0.6) is 0 Å². The van der Waals surface area contributed by atoms with Gasteiger partial charge in [0.05, 0.1) is 5.76 Å². The van der Waals surface area contributed by atoms with E-state index in [1.165, 1.54) is 74.4 Å². The van der Waals surface area contributed by atoms with Crippen molar-refractivity contribution >= 4 is 17.1 Å². The van der Waals surface area contributed by atoms with E-state index in [9.17, 15) is 4.79 Å². The number of benzene rings is 9. The summed E-state index contributed by atoms with van der Waals surface area (Å²) in [7, 11) is 0. The van der Waals surface area contributed by atoms with Gasteiger partial charge in [0, 0.05) is 82.2 Å². The minimum atomic E-state index is -0.0268. The average Bonchev–Trinajstić information content (AvgIpc) is 1.10. The normalized spacial score (nSPS) is 11.4. The van der Waals surface area contributed by atoms with Crippen LogP contribution in [0.15, 0.2) is 401 Å². The largest absolute Gasteiger partial charge is 3.00 e. The third kappa shape index (κ3) is 42.3. The summed E-state index contributed by atoms with van der Waals surface area (Å²) in [6.45, 7) is 41.3. The van der Waals surface area contributed by atoms with Gasteiger partial charge >= 0.3 is 40.2 Å². The molecule has 763 valence electrons. The van der Waals surface area contributed by atoms with E-state index in [4.69, 9.17) is 5.11 Å². The van der Waals surface area contributed by atoms with Gasteiger partial charge in [-0.25, -0.2) is 11.3 Å². The van der Waals surface area contributed by atoms with Gasteiger partial charge in [-0.3, -0.25) is 4.79 Å². The van der Waals surface area contributed by atoms with Crippen LogP contribution < -0.4 is 0 Å². The zero-order valence-corrected chi connectivity index (χ0v) is 97.1. The summed E-state index contributed by atoms with van der Waals surface area (Å²) >= 11 is 1.80. The first-order chi connectivity index (χ1) is 69.8. The van der Waals surface area contributed by atoms with Gasteiger partial charge in [-0.15, -0.1) is 249 Å². The standard InChI is InChI=1S/C21H22NS.C16H22O2.5C15H16N.2C11H8N.3Ir/c1-3-16(2)18-10-7-17(8-11-18)9-12-19-13-14-21(23-19)20-6-4-5-15-22-20;1-4-12(2)15-8-5-14(6-9-15)7-10-16(18)11-13(3)17;4*1-15(2,3)13-9-7-12(8-10-13)14-6-4-5-11-16-14;1-3-12(2)13-7-9-14(10-8-13)15-6-4-5-11-16-15;2*1-2-6-10(7-3-1)11-8-4-5-9-12-11;;;/h4-8,10-11,13,15-16H,3,9,12H2,1-2H3;5-6,8-9,11-12,17H,4,7,10H2,1-3H3;4*4-7,9-11H,1-3H3;4-9,11-12H,3H2,1-2H3;2*1-6,8-9H;;;/q-1;;7*-1;;2*+3. The topological polar surface area (TPSA) is 140 Å². The minimum Gasteiger partial charge on any atom is -0.512 e. The summed E-state index contributed by atoms with van der Waals surface area (Å²) in [5.74, 6) is 1.89. The van der Waals surface area contributed by atoms with E-state index < -0.39 is 0 Å². The van der Waals surface area contributed by atoms with Crippen LogP contribution in [0, 0.1) is 48.5 Å². The average molecular weight is 2500 g/mol. The number of carbonyl (C=O) groups is 1. The molecule has 1 radical (unpaired) electrons. The Hall–Kier alpha value is -13.0. The third-order valence-electron chi connectivity index (χ3n) is 24.2. The van der Waals surface area contributed by atoms with Crippen LogP contribution in [-0.2, 0) is 106 Å².